The molecule has 0 spiro atoms. The van der Waals surface area contributed by atoms with Gasteiger partial charge in [0, 0.05) is 47.0 Å². The number of ether oxygens (including phenoxy) is 1. The molecule has 0 aliphatic rings. The van der Waals surface area contributed by atoms with Crippen LogP contribution in [0.5, 0.6) is 0 Å². The number of hydrogen-bond donors (Lipinski definition) is 0. The normalized spacial score (nSPS) is 11.7. The fraction of sp³-hybridized carbons (Fsp3) is 0.500. The first-order valence-corrected chi connectivity index (χ1v) is 8.01. The van der Waals surface area contributed by atoms with Crippen molar-refractivity contribution < 1.29 is 17.9 Å². The van der Waals surface area contributed by atoms with E-state index in [-0.39, 0.29) is 10.8 Å². The summed E-state index contributed by atoms with van der Waals surface area (Å²) in [7, 11) is 2.75. The summed E-state index contributed by atoms with van der Waals surface area (Å²) >= 11 is 0. The van der Waals surface area contributed by atoms with Gasteiger partial charge >= 0.3 is 0 Å². The standard InChI is InChI=1S/C14H22N2O4S/c1-15(2)14(17)12-7-5-8-13(11-12)21(18,19)16(3)9-6-10-20-4/h5,7-8,11H,6,9-10H2,1-4H3. The highest BCUT2D eigenvalue weighted by atomic mass is 32.2. The fourth-order valence-electron chi connectivity index (χ4n) is 1.78. The van der Waals surface area contributed by atoms with Crippen LogP contribution in [0.1, 0.15) is 16.8 Å². The molecule has 1 aromatic carbocycles. The zero-order chi connectivity index (χ0) is 16.0. The Labute approximate surface area is 126 Å². The van der Waals surface area contributed by atoms with Crippen LogP contribution in [-0.2, 0) is 14.8 Å². The minimum Gasteiger partial charge on any atom is -0.385 e. The summed E-state index contributed by atoms with van der Waals surface area (Å²) in [5, 5.41) is 0. The Morgan fingerprint density at radius 1 is 1.24 bits per heavy atom. The Bertz CT molecular complexity index is 584. The molecule has 0 aliphatic carbocycles. The number of nitrogens with zero attached hydrogens (tertiary/aromatic N) is 2. The summed E-state index contributed by atoms with van der Waals surface area (Å²) in [6.07, 6.45) is 0.614. The minimum atomic E-state index is -3.59. The van der Waals surface area contributed by atoms with E-state index in [1.54, 1.807) is 33.3 Å². The van der Waals surface area contributed by atoms with Gasteiger partial charge in [-0.05, 0) is 24.6 Å². The molecule has 1 rings (SSSR count). The third kappa shape index (κ3) is 4.52. The quantitative estimate of drug-likeness (QED) is 0.706. The van der Waals surface area contributed by atoms with Gasteiger partial charge in [0.1, 0.15) is 0 Å². The highest BCUT2D eigenvalue weighted by molar-refractivity contribution is 7.89. The molecule has 0 atom stereocenters. The van der Waals surface area contributed by atoms with Gasteiger partial charge in [-0.15, -0.1) is 0 Å². The first-order valence-electron chi connectivity index (χ1n) is 6.57. The Morgan fingerprint density at radius 2 is 1.90 bits per heavy atom. The van der Waals surface area contributed by atoms with Crippen LogP contribution in [0.3, 0.4) is 0 Å². The molecule has 0 fully saturated rings. The van der Waals surface area contributed by atoms with Crippen LogP contribution >= 0.6 is 0 Å². The molecule has 0 saturated heterocycles. The molecule has 0 N–H and O–H groups in total. The van der Waals surface area contributed by atoms with E-state index in [1.165, 1.54) is 28.4 Å². The van der Waals surface area contributed by atoms with Crippen molar-refractivity contribution >= 4 is 15.9 Å². The van der Waals surface area contributed by atoms with Crippen molar-refractivity contribution in [3.05, 3.63) is 29.8 Å². The molecular weight excluding hydrogens is 292 g/mol. The topological polar surface area (TPSA) is 66.9 Å². The molecule has 0 aliphatic heterocycles. The summed E-state index contributed by atoms with van der Waals surface area (Å²) in [4.78, 5) is 13.4. The highest BCUT2D eigenvalue weighted by Crippen LogP contribution is 2.17. The van der Waals surface area contributed by atoms with Crippen molar-refractivity contribution in [2.24, 2.45) is 0 Å². The lowest BCUT2D eigenvalue weighted by Crippen LogP contribution is -2.29. The molecule has 0 radical (unpaired) electrons. The fourth-order valence-corrected chi connectivity index (χ4v) is 3.04. The number of sulfonamides is 1. The summed E-state index contributed by atoms with van der Waals surface area (Å²) in [6.45, 7) is 0.862. The molecule has 0 heterocycles. The van der Waals surface area contributed by atoms with Crippen LogP contribution in [0.2, 0.25) is 0 Å². The number of benzene rings is 1. The van der Waals surface area contributed by atoms with Gasteiger partial charge in [0.15, 0.2) is 0 Å². The van der Waals surface area contributed by atoms with Crippen LogP contribution in [0.25, 0.3) is 0 Å². The SMILES string of the molecule is COCCCN(C)S(=O)(=O)c1cccc(C(=O)N(C)C)c1. The van der Waals surface area contributed by atoms with E-state index in [0.717, 1.165) is 0 Å². The number of methoxy groups -OCH3 is 1. The lowest BCUT2D eigenvalue weighted by Gasteiger charge is -2.18. The Morgan fingerprint density at radius 3 is 2.48 bits per heavy atom. The number of hydrogen-bond acceptors (Lipinski definition) is 4. The molecule has 6 nitrogen and oxygen atoms in total. The molecule has 21 heavy (non-hydrogen) atoms. The van der Waals surface area contributed by atoms with Gasteiger partial charge in [0.05, 0.1) is 4.90 Å². The molecule has 1 amide bonds. The maximum Gasteiger partial charge on any atom is 0.253 e. The van der Waals surface area contributed by atoms with E-state index < -0.39 is 10.0 Å². The molecule has 118 valence electrons. The van der Waals surface area contributed by atoms with Gasteiger partial charge in [0.2, 0.25) is 10.0 Å². The van der Waals surface area contributed by atoms with Crippen molar-refractivity contribution in [2.75, 3.05) is 41.4 Å². The van der Waals surface area contributed by atoms with Crippen LogP contribution in [0.4, 0.5) is 0 Å². The average molecular weight is 314 g/mol. The van der Waals surface area contributed by atoms with Crippen molar-refractivity contribution in [2.45, 2.75) is 11.3 Å². The van der Waals surface area contributed by atoms with Crippen molar-refractivity contribution in [3.63, 3.8) is 0 Å². The van der Waals surface area contributed by atoms with Gasteiger partial charge in [0.25, 0.3) is 5.91 Å². The minimum absolute atomic E-state index is 0.120. The Balaban J connectivity index is 2.98. The van der Waals surface area contributed by atoms with Gasteiger partial charge in [-0.2, -0.15) is 0 Å². The second-order valence-corrected chi connectivity index (χ2v) is 6.95. The number of amides is 1. The molecular formula is C14H22N2O4S. The van der Waals surface area contributed by atoms with Gasteiger partial charge in [-0.3, -0.25) is 4.79 Å². The van der Waals surface area contributed by atoms with Crippen LogP contribution in [0.15, 0.2) is 29.2 Å². The van der Waals surface area contributed by atoms with Crippen LogP contribution in [-0.4, -0.2) is 64.9 Å². The first kappa shape index (κ1) is 17.6. The second-order valence-electron chi connectivity index (χ2n) is 4.90. The number of rotatable bonds is 7. The molecule has 0 saturated carbocycles. The van der Waals surface area contributed by atoms with Crippen molar-refractivity contribution in [1.29, 1.82) is 0 Å². The number of carbonyl (C=O) groups is 1. The predicted molar refractivity (Wildman–Crippen MR) is 80.8 cm³/mol. The van der Waals surface area contributed by atoms with E-state index in [1.807, 2.05) is 0 Å². The van der Waals surface area contributed by atoms with Crippen molar-refractivity contribution in [3.8, 4) is 0 Å². The van der Waals surface area contributed by atoms with Crippen molar-refractivity contribution in [1.82, 2.24) is 9.21 Å². The van der Waals surface area contributed by atoms with E-state index in [0.29, 0.717) is 25.1 Å². The molecule has 0 unspecified atom stereocenters. The maximum absolute atomic E-state index is 12.4. The van der Waals surface area contributed by atoms with E-state index in [2.05, 4.69) is 0 Å². The molecule has 1 aromatic rings. The summed E-state index contributed by atoms with van der Waals surface area (Å²) in [5.41, 5.74) is 0.353. The third-order valence-corrected chi connectivity index (χ3v) is 4.87. The van der Waals surface area contributed by atoms with Crippen LogP contribution < -0.4 is 0 Å². The first-order chi connectivity index (χ1) is 9.80. The number of carbonyl (C=O) groups excluding carboxylic acids is 1. The molecule has 0 bridgehead atoms. The Kier molecular flexibility index (Phi) is 6.32. The zero-order valence-corrected chi connectivity index (χ0v) is 13.7. The van der Waals surface area contributed by atoms with E-state index >= 15 is 0 Å². The zero-order valence-electron chi connectivity index (χ0n) is 12.9. The Hall–Kier alpha value is -1.44. The summed E-state index contributed by atoms with van der Waals surface area (Å²) in [6, 6.07) is 6.08. The lowest BCUT2D eigenvalue weighted by atomic mass is 10.2. The lowest BCUT2D eigenvalue weighted by molar-refractivity contribution is 0.0827. The van der Waals surface area contributed by atoms with E-state index in [9.17, 15) is 13.2 Å². The molecule has 0 aromatic heterocycles. The summed E-state index contributed by atoms with van der Waals surface area (Å²) in [5.74, 6) is -0.228. The molecule has 7 heteroatoms. The monoisotopic (exact) mass is 314 g/mol. The van der Waals surface area contributed by atoms with E-state index in [4.69, 9.17) is 4.74 Å². The average Bonchev–Trinajstić information content (AvgIpc) is 2.46. The second kappa shape index (κ2) is 7.53. The van der Waals surface area contributed by atoms with Crippen LogP contribution in [0, 0.1) is 0 Å². The third-order valence-electron chi connectivity index (χ3n) is 3.02. The predicted octanol–water partition coefficient (Wildman–Crippen LogP) is 1.05. The maximum atomic E-state index is 12.4. The van der Waals surface area contributed by atoms with Gasteiger partial charge in [-0.1, -0.05) is 6.07 Å². The van der Waals surface area contributed by atoms with Gasteiger partial charge in [-0.25, -0.2) is 12.7 Å². The highest BCUT2D eigenvalue weighted by Gasteiger charge is 2.21. The smallest absolute Gasteiger partial charge is 0.253 e. The van der Waals surface area contributed by atoms with Gasteiger partial charge < -0.3 is 9.64 Å². The largest absolute Gasteiger partial charge is 0.385 e. The summed E-state index contributed by atoms with van der Waals surface area (Å²) < 4.78 is 31.0.